The van der Waals surface area contributed by atoms with Crippen molar-refractivity contribution in [3.8, 4) is 17.2 Å². The van der Waals surface area contributed by atoms with E-state index in [1.807, 2.05) is 62.4 Å². The molecule has 0 amide bonds. The fourth-order valence-electron chi connectivity index (χ4n) is 2.40. The SMILES string of the molecule is Cc1nc(-c2ccccn2)nc(Sc2ncn(-c3ccccc3)n2)c1C. The van der Waals surface area contributed by atoms with Crippen LogP contribution in [0.1, 0.15) is 11.3 Å². The molecule has 0 aliphatic heterocycles. The van der Waals surface area contributed by atoms with E-state index in [2.05, 4.69) is 25.0 Å². The van der Waals surface area contributed by atoms with Gasteiger partial charge in [0.25, 0.3) is 0 Å². The van der Waals surface area contributed by atoms with Gasteiger partial charge in [-0.05, 0) is 49.9 Å². The van der Waals surface area contributed by atoms with Gasteiger partial charge in [-0.1, -0.05) is 24.3 Å². The maximum absolute atomic E-state index is 4.68. The van der Waals surface area contributed by atoms with E-state index in [-0.39, 0.29) is 0 Å². The molecule has 0 aliphatic rings. The van der Waals surface area contributed by atoms with Crippen molar-refractivity contribution in [3.63, 3.8) is 0 Å². The van der Waals surface area contributed by atoms with Gasteiger partial charge in [0.2, 0.25) is 5.16 Å². The smallest absolute Gasteiger partial charge is 0.215 e. The molecule has 0 unspecified atom stereocenters. The number of benzene rings is 1. The molecule has 128 valence electrons. The number of rotatable bonds is 4. The summed E-state index contributed by atoms with van der Waals surface area (Å²) in [4.78, 5) is 18.0. The molecule has 0 bridgehead atoms. The highest BCUT2D eigenvalue weighted by Gasteiger charge is 2.14. The molecule has 0 saturated heterocycles. The van der Waals surface area contributed by atoms with E-state index in [0.717, 1.165) is 27.7 Å². The van der Waals surface area contributed by atoms with Gasteiger partial charge in [-0.2, -0.15) is 0 Å². The second-order valence-corrected chi connectivity index (χ2v) is 6.64. The van der Waals surface area contributed by atoms with E-state index in [4.69, 9.17) is 0 Å². The maximum atomic E-state index is 4.68. The minimum atomic E-state index is 0.610. The standard InChI is InChI=1S/C19H16N6S/c1-13-14(2)22-17(16-10-6-7-11-20-16)23-18(13)26-19-21-12-25(24-19)15-8-4-3-5-9-15/h3-12H,1-2H3. The molecular weight excluding hydrogens is 344 g/mol. The first-order valence-corrected chi connectivity index (χ1v) is 8.94. The highest BCUT2D eigenvalue weighted by molar-refractivity contribution is 7.99. The van der Waals surface area contributed by atoms with Gasteiger partial charge in [0, 0.05) is 17.5 Å². The first kappa shape index (κ1) is 16.4. The van der Waals surface area contributed by atoms with Crippen LogP contribution in [0.4, 0.5) is 0 Å². The average molecular weight is 360 g/mol. The highest BCUT2D eigenvalue weighted by atomic mass is 32.2. The van der Waals surface area contributed by atoms with Crippen molar-refractivity contribution in [1.82, 2.24) is 29.7 Å². The lowest BCUT2D eigenvalue weighted by Crippen LogP contribution is -2.00. The third-order valence-electron chi connectivity index (χ3n) is 3.92. The second kappa shape index (κ2) is 7.05. The molecule has 0 fully saturated rings. The Hall–Kier alpha value is -3.06. The molecule has 1 aromatic carbocycles. The highest BCUT2D eigenvalue weighted by Crippen LogP contribution is 2.29. The molecule has 0 atom stereocenters. The molecule has 4 aromatic rings. The summed E-state index contributed by atoms with van der Waals surface area (Å²) in [5.41, 5.74) is 3.66. The molecule has 0 N–H and O–H groups in total. The van der Waals surface area contributed by atoms with Gasteiger partial charge in [0.05, 0.1) is 5.69 Å². The van der Waals surface area contributed by atoms with Crippen LogP contribution in [0.2, 0.25) is 0 Å². The molecule has 0 radical (unpaired) electrons. The van der Waals surface area contributed by atoms with Gasteiger partial charge < -0.3 is 0 Å². The molecule has 7 heteroatoms. The van der Waals surface area contributed by atoms with Crippen molar-refractivity contribution < 1.29 is 0 Å². The Morgan fingerprint density at radius 2 is 1.69 bits per heavy atom. The van der Waals surface area contributed by atoms with E-state index in [1.54, 1.807) is 17.2 Å². The van der Waals surface area contributed by atoms with Gasteiger partial charge in [-0.25, -0.2) is 19.6 Å². The minimum absolute atomic E-state index is 0.610. The Labute approximate surface area is 155 Å². The molecule has 6 nitrogen and oxygen atoms in total. The van der Waals surface area contributed by atoms with Crippen molar-refractivity contribution in [2.24, 2.45) is 0 Å². The summed E-state index contributed by atoms with van der Waals surface area (Å²) in [7, 11) is 0. The maximum Gasteiger partial charge on any atom is 0.215 e. The molecule has 0 saturated carbocycles. The lowest BCUT2D eigenvalue weighted by Gasteiger charge is -2.08. The van der Waals surface area contributed by atoms with E-state index >= 15 is 0 Å². The van der Waals surface area contributed by atoms with Crippen molar-refractivity contribution in [2.45, 2.75) is 24.0 Å². The van der Waals surface area contributed by atoms with Crippen LogP contribution in [0.15, 0.2) is 71.2 Å². The van der Waals surface area contributed by atoms with Crippen LogP contribution in [0.5, 0.6) is 0 Å². The van der Waals surface area contributed by atoms with Crippen LogP contribution in [-0.2, 0) is 0 Å². The third kappa shape index (κ3) is 3.34. The van der Waals surface area contributed by atoms with Gasteiger partial charge in [-0.15, -0.1) is 5.10 Å². The largest absolute Gasteiger partial charge is 0.253 e. The number of para-hydroxylation sites is 1. The van der Waals surface area contributed by atoms with E-state index in [9.17, 15) is 0 Å². The summed E-state index contributed by atoms with van der Waals surface area (Å²) in [6.45, 7) is 3.98. The van der Waals surface area contributed by atoms with Crippen LogP contribution in [0.25, 0.3) is 17.2 Å². The third-order valence-corrected chi connectivity index (χ3v) is 4.88. The number of hydrogen-bond acceptors (Lipinski definition) is 6. The fourth-order valence-corrected chi connectivity index (χ4v) is 3.23. The molecule has 0 aliphatic carbocycles. The number of aryl methyl sites for hydroxylation is 1. The number of pyridine rings is 1. The van der Waals surface area contributed by atoms with Crippen LogP contribution in [0.3, 0.4) is 0 Å². The number of hydrogen-bond donors (Lipinski definition) is 0. The zero-order valence-electron chi connectivity index (χ0n) is 14.4. The van der Waals surface area contributed by atoms with Crippen LogP contribution >= 0.6 is 11.8 Å². The van der Waals surface area contributed by atoms with Gasteiger partial charge >= 0.3 is 0 Å². The van der Waals surface area contributed by atoms with E-state index in [0.29, 0.717) is 11.0 Å². The van der Waals surface area contributed by atoms with Crippen LogP contribution in [-0.4, -0.2) is 29.7 Å². The summed E-state index contributed by atoms with van der Waals surface area (Å²) in [5, 5.41) is 6.02. The number of aromatic nitrogens is 6. The Morgan fingerprint density at radius 1 is 0.885 bits per heavy atom. The zero-order chi connectivity index (χ0) is 17.9. The van der Waals surface area contributed by atoms with Gasteiger partial charge in [-0.3, -0.25) is 4.98 Å². The van der Waals surface area contributed by atoms with Gasteiger partial charge in [0.1, 0.15) is 17.0 Å². The lowest BCUT2D eigenvalue weighted by molar-refractivity contribution is 0.832. The Bertz CT molecular complexity index is 1030. The first-order chi connectivity index (χ1) is 12.7. The molecule has 4 rings (SSSR count). The van der Waals surface area contributed by atoms with Crippen molar-refractivity contribution in [3.05, 3.63) is 72.3 Å². The Morgan fingerprint density at radius 3 is 2.46 bits per heavy atom. The molecule has 3 heterocycles. The summed E-state index contributed by atoms with van der Waals surface area (Å²) >= 11 is 1.43. The van der Waals surface area contributed by atoms with E-state index in [1.165, 1.54) is 11.8 Å². The summed E-state index contributed by atoms with van der Waals surface area (Å²) < 4.78 is 1.76. The molecule has 0 spiro atoms. The van der Waals surface area contributed by atoms with E-state index < -0.39 is 0 Å². The predicted molar refractivity (Wildman–Crippen MR) is 100 cm³/mol. The van der Waals surface area contributed by atoms with Crippen molar-refractivity contribution in [1.29, 1.82) is 0 Å². The first-order valence-electron chi connectivity index (χ1n) is 8.12. The predicted octanol–water partition coefficient (Wildman–Crippen LogP) is 3.89. The van der Waals surface area contributed by atoms with Crippen LogP contribution < -0.4 is 0 Å². The monoisotopic (exact) mass is 360 g/mol. The summed E-state index contributed by atoms with van der Waals surface area (Å²) in [5.74, 6) is 0.610. The average Bonchev–Trinajstić information content (AvgIpc) is 3.15. The Balaban J connectivity index is 1.66. The molecule has 3 aromatic heterocycles. The quantitative estimate of drug-likeness (QED) is 0.514. The fraction of sp³-hybridized carbons (Fsp3) is 0.105. The van der Waals surface area contributed by atoms with Gasteiger partial charge in [0.15, 0.2) is 5.82 Å². The second-order valence-electron chi connectivity index (χ2n) is 5.69. The summed E-state index contributed by atoms with van der Waals surface area (Å²) in [6, 6.07) is 15.6. The topological polar surface area (TPSA) is 69.4 Å². The normalized spacial score (nSPS) is 10.8. The van der Waals surface area contributed by atoms with Crippen molar-refractivity contribution in [2.75, 3.05) is 0 Å². The molecular formula is C19H16N6S. The lowest BCUT2D eigenvalue weighted by atomic mass is 10.2. The zero-order valence-corrected chi connectivity index (χ0v) is 15.2. The minimum Gasteiger partial charge on any atom is -0.253 e. The Kier molecular flexibility index (Phi) is 4.45. The number of nitrogens with zero attached hydrogens (tertiary/aromatic N) is 6. The van der Waals surface area contributed by atoms with Crippen LogP contribution in [0, 0.1) is 13.8 Å². The summed E-state index contributed by atoms with van der Waals surface area (Å²) in [6.07, 6.45) is 3.45. The molecule has 26 heavy (non-hydrogen) atoms. The van der Waals surface area contributed by atoms with Crippen molar-refractivity contribution >= 4 is 11.8 Å².